The van der Waals surface area contributed by atoms with Crippen LogP contribution in [0.15, 0.2) is 158 Å². The maximum absolute atomic E-state index is 5.16. The lowest BCUT2D eigenvalue weighted by atomic mass is 10.1. The van der Waals surface area contributed by atoms with Crippen molar-refractivity contribution in [1.29, 1.82) is 0 Å². The molecule has 0 radical (unpaired) electrons. The summed E-state index contributed by atoms with van der Waals surface area (Å²) < 4.78 is 4.94. The molecular weight excluding hydrogens is 623 g/mol. The summed E-state index contributed by atoms with van der Waals surface area (Å²) in [4.78, 5) is 15.3. The van der Waals surface area contributed by atoms with Gasteiger partial charge in [-0.1, -0.05) is 120 Å². The van der Waals surface area contributed by atoms with Crippen LogP contribution in [0.1, 0.15) is 23.0 Å². The Kier molecular flexibility index (Phi) is 6.61. The van der Waals surface area contributed by atoms with E-state index in [4.69, 9.17) is 15.0 Å². The Balaban J connectivity index is 1.28. The van der Waals surface area contributed by atoms with Crippen LogP contribution in [0.4, 0.5) is 0 Å². The molecule has 0 fully saturated rings. The topological polar surface area (TPSA) is 48.5 Å². The molecule has 51 heavy (non-hydrogen) atoms. The van der Waals surface area contributed by atoms with Crippen molar-refractivity contribution in [3.05, 3.63) is 175 Å². The number of hydrogen-bond acceptors (Lipinski definition) is 3. The third-order valence-corrected chi connectivity index (χ3v) is 10.1. The molecule has 0 amide bonds. The van der Waals surface area contributed by atoms with Gasteiger partial charge in [-0.05, 0) is 62.4 Å². The maximum Gasteiger partial charge on any atom is 0.164 e. The molecule has 1 aliphatic carbocycles. The molecule has 3 aromatic heterocycles. The molecule has 0 bridgehead atoms. The fourth-order valence-electron chi connectivity index (χ4n) is 7.81. The van der Waals surface area contributed by atoms with Crippen molar-refractivity contribution in [1.82, 2.24) is 24.1 Å². The molecule has 1 unspecified atom stereocenters. The second-order valence-corrected chi connectivity index (χ2v) is 13.5. The molecule has 1 aliphatic rings. The Morgan fingerprint density at radius 2 is 0.922 bits per heavy atom. The molecule has 0 saturated heterocycles. The molecule has 1 atom stereocenters. The number of aryl methyl sites for hydroxylation is 2. The lowest BCUT2D eigenvalue weighted by molar-refractivity contribution is 0.778. The van der Waals surface area contributed by atoms with Gasteiger partial charge in [0, 0.05) is 38.2 Å². The first-order valence-electron chi connectivity index (χ1n) is 17.4. The number of para-hydroxylation sites is 2. The van der Waals surface area contributed by atoms with Crippen LogP contribution in [0, 0.1) is 13.8 Å². The summed E-state index contributed by atoms with van der Waals surface area (Å²) >= 11 is 0. The summed E-state index contributed by atoms with van der Waals surface area (Å²) in [5.74, 6) is 1.95. The molecular formula is C46H33N5. The van der Waals surface area contributed by atoms with Crippen molar-refractivity contribution in [3.8, 4) is 22.8 Å². The predicted octanol–water partition coefficient (Wildman–Crippen LogP) is 11.2. The van der Waals surface area contributed by atoms with Gasteiger partial charge in [0.1, 0.15) is 0 Å². The standard InChI is InChI=1S/C46H33N5/c1-29-21-23-40-36(25-29)37-26-30(2)22-24-41(37)51(40)43-28-33(27-42(43)50-38-19-11-9-17-34(38)35-18-10-12-20-39(35)50)46-48-44(31-13-5-3-6-14-31)47-45(49-46)32-15-7-4-8-16-32/h3-28,42H,1-2H3. The van der Waals surface area contributed by atoms with Gasteiger partial charge >= 0.3 is 0 Å². The lowest BCUT2D eigenvalue weighted by Gasteiger charge is -2.21. The highest BCUT2D eigenvalue weighted by atomic mass is 15.1. The van der Waals surface area contributed by atoms with Gasteiger partial charge in [0.15, 0.2) is 17.5 Å². The Morgan fingerprint density at radius 1 is 0.451 bits per heavy atom. The molecule has 5 nitrogen and oxygen atoms in total. The Labute approximate surface area is 295 Å². The van der Waals surface area contributed by atoms with Crippen LogP contribution in [-0.2, 0) is 0 Å². The van der Waals surface area contributed by atoms with Crippen LogP contribution in [-0.4, -0.2) is 24.1 Å². The number of hydrogen-bond donors (Lipinski definition) is 0. The van der Waals surface area contributed by atoms with E-state index in [0.29, 0.717) is 17.5 Å². The van der Waals surface area contributed by atoms with E-state index < -0.39 is 0 Å². The summed E-state index contributed by atoms with van der Waals surface area (Å²) in [5.41, 5.74) is 11.2. The fraction of sp³-hybridized carbons (Fsp3) is 0.0652. The Bertz CT molecular complexity index is 2700. The highest BCUT2D eigenvalue weighted by molar-refractivity contribution is 6.12. The van der Waals surface area contributed by atoms with Gasteiger partial charge in [-0.2, -0.15) is 0 Å². The zero-order valence-electron chi connectivity index (χ0n) is 28.3. The number of benzene rings is 6. The van der Waals surface area contributed by atoms with Gasteiger partial charge in [0.2, 0.25) is 0 Å². The average molecular weight is 656 g/mol. The third-order valence-electron chi connectivity index (χ3n) is 10.1. The van der Waals surface area contributed by atoms with Crippen molar-refractivity contribution in [2.75, 3.05) is 0 Å². The summed E-state index contributed by atoms with van der Waals surface area (Å²) in [7, 11) is 0. The number of fused-ring (bicyclic) bond motifs is 6. The molecule has 3 heterocycles. The smallest absolute Gasteiger partial charge is 0.164 e. The van der Waals surface area contributed by atoms with Gasteiger partial charge < -0.3 is 9.13 Å². The third kappa shape index (κ3) is 4.73. The highest BCUT2D eigenvalue weighted by Crippen LogP contribution is 2.45. The van der Waals surface area contributed by atoms with E-state index in [1.54, 1.807) is 0 Å². The largest absolute Gasteiger partial charge is 0.328 e. The monoisotopic (exact) mass is 655 g/mol. The van der Waals surface area contributed by atoms with Crippen LogP contribution >= 0.6 is 0 Å². The minimum Gasteiger partial charge on any atom is -0.328 e. The Hall–Kier alpha value is -6.59. The molecule has 9 aromatic rings. The number of aromatic nitrogens is 5. The van der Waals surface area contributed by atoms with E-state index in [9.17, 15) is 0 Å². The second-order valence-electron chi connectivity index (χ2n) is 13.5. The van der Waals surface area contributed by atoms with Crippen LogP contribution in [0.2, 0.25) is 0 Å². The summed E-state index contributed by atoms with van der Waals surface area (Å²) in [6, 6.07) is 51.3. The van der Waals surface area contributed by atoms with Gasteiger partial charge in [0.25, 0.3) is 0 Å². The van der Waals surface area contributed by atoms with E-state index >= 15 is 0 Å². The molecule has 10 rings (SSSR count). The minimum absolute atomic E-state index is 0.150. The molecule has 242 valence electrons. The average Bonchev–Trinajstić information content (AvgIpc) is 3.85. The van der Waals surface area contributed by atoms with Crippen molar-refractivity contribution in [2.24, 2.45) is 0 Å². The van der Waals surface area contributed by atoms with E-state index in [-0.39, 0.29) is 6.04 Å². The van der Waals surface area contributed by atoms with Gasteiger partial charge in [-0.15, -0.1) is 0 Å². The molecule has 0 spiro atoms. The maximum atomic E-state index is 5.16. The fourth-order valence-corrected chi connectivity index (χ4v) is 7.81. The second kappa shape index (κ2) is 11.5. The van der Waals surface area contributed by atoms with Gasteiger partial charge in [-0.25, -0.2) is 15.0 Å². The van der Waals surface area contributed by atoms with E-state index in [1.807, 2.05) is 36.4 Å². The minimum atomic E-state index is -0.150. The lowest BCUT2D eigenvalue weighted by Crippen LogP contribution is -2.11. The van der Waals surface area contributed by atoms with Gasteiger partial charge in [0.05, 0.1) is 33.8 Å². The van der Waals surface area contributed by atoms with Crippen LogP contribution in [0.5, 0.6) is 0 Å². The summed E-state index contributed by atoms with van der Waals surface area (Å²) in [6.07, 6.45) is 4.64. The number of allylic oxidation sites excluding steroid dienone is 4. The van der Waals surface area contributed by atoms with Crippen LogP contribution < -0.4 is 0 Å². The van der Waals surface area contributed by atoms with Crippen molar-refractivity contribution in [2.45, 2.75) is 19.9 Å². The van der Waals surface area contributed by atoms with E-state index in [0.717, 1.165) is 22.4 Å². The zero-order chi connectivity index (χ0) is 34.1. The molecule has 0 aliphatic heterocycles. The normalized spacial score (nSPS) is 14.5. The Morgan fingerprint density at radius 3 is 1.45 bits per heavy atom. The summed E-state index contributed by atoms with van der Waals surface area (Å²) in [6.45, 7) is 4.34. The van der Waals surface area contributed by atoms with E-state index in [1.165, 1.54) is 54.7 Å². The van der Waals surface area contributed by atoms with Gasteiger partial charge in [-0.3, -0.25) is 0 Å². The first kappa shape index (κ1) is 29.3. The molecule has 0 N–H and O–H groups in total. The molecule has 0 saturated carbocycles. The number of rotatable bonds is 5. The zero-order valence-corrected chi connectivity index (χ0v) is 28.3. The van der Waals surface area contributed by atoms with Crippen molar-refractivity contribution >= 4 is 54.9 Å². The van der Waals surface area contributed by atoms with Crippen LogP contribution in [0.25, 0.3) is 77.7 Å². The SMILES string of the molecule is Cc1ccc2c(c1)c1cc(C)ccc1n2C1=CC(c2nc(-c3ccccc3)nc(-c3ccccc3)n2)=CC1n1c2ccccc2c2ccccc21. The molecule has 6 aromatic carbocycles. The quantitative estimate of drug-likeness (QED) is 0.185. The highest BCUT2D eigenvalue weighted by Gasteiger charge is 2.30. The first-order chi connectivity index (χ1) is 25.1. The first-order valence-corrected chi connectivity index (χ1v) is 17.4. The van der Waals surface area contributed by atoms with Crippen LogP contribution in [0.3, 0.4) is 0 Å². The summed E-state index contributed by atoms with van der Waals surface area (Å²) in [5, 5.41) is 4.98. The van der Waals surface area contributed by atoms with Crippen molar-refractivity contribution < 1.29 is 0 Å². The molecule has 5 heteroatoms. The number of nitrogens with zero attached hydrogens (tertiary/aromatic N) is 5. The predicted molar refractivity (Wildman–Crippen MR) is 210 cm³/mol. The van der Waals surface area contributed by atoms with E-state index in [2.05, 4.69) is 144 Å². The van der Waals surface area contributed by atoms with Crippen molar-refractivity contribution in [3.63, 3.8) is 0 Å².